The van der Waals surface area contributed by atoms with E-state index in [1.807, 2.05) is 13.8 Å². The van der Waals surface area contributed by atoms with E-state index in [9.17, 15) is 9.90 Å². The molecule has 2 aliphatic carbocycles. The van der Waals surface area contributed by atoms with Crippen LogP contribution in [-0.2, 0) is 14.3 Å². The molecule has 2 saturated carbocycles. The van der Waals surface area contributed by atoms with Gasteiger partial charge in [0.05, 0.1) is 12.2 Å². The Morgan fingerprint density at radius 2 is 1.65 bits per heavy atom. The van der Waals surface area contributed by atoms with Gasteiger partial charge in [-0.3, -0.25) is 10.1 Å². The summed E-state index contributed by atoms with van der Waals surface area (Å²) in [4.78, 5) is 12.1. The van der Waals surface area contributed by atoms with E-state index < -0.39 is 6.23 Å². The number of nitrogens with one attached hydrogen (secondary N) is 1. The van der Waals surface area contributed by atoms with Crippen molar-refractivity contribution in [2.24, 2.45) is 11.8 Å². The van der Waals surface area contributed by atoms with Crippen LogP contribution in [0.1, 0.15) is 78.1 Å². The molecule has 0 spiro atoms. The molecule has 2 fully saturated rings. The number of methoxy groups -OCH3 is 1. The monoisotopic (exact) mass is 369 g/mol. The van der Waals surface area contributed by atoms with Crippen molar-refractivity contribution in [3.05, 3.63) is 0 Å². The second-order valence-corrected chi connectivity index (χ2v) is 8.44. The van der Waals surface area contributed by atoms with Gasteiger partial charge >= 0.3 is 0 Å². The van der Waals surface area contributed by atoms with Crippen LogP contribution in [0.3, 0.4) is 0 Å². The number of aliphatic hydroxyl groups is 1. The Morgan fingerprint density at radius 1 is 1.04 bits per heavy atom. The zero-order chi connectivity index (χ0) is 18.9. The van der Waals surface area contributed by atoms with Gasteiger partial charge in [-0.05, 0) is 64.2 Å². The second-order valence-electron chi connectivity index (χ2n) is 8.44. The van der Waals surface area contributed by atoms with Crippen LogP contribution in [0, 0.1) is 11.8 Å². The molecule has 0 amide bonds. The summed E-state index contributed by atoms with van der Waals surface area (Å²) in [5.41, 5.74) is 0. The Hall–Kier alpha value is -0.490. The van der Waals surface area contributed by atoms with E-state index in [4.69, 9.17) is 9.47 Å². The summed E-state index contributed by atoms with van der Waals surface area (Å²) < 4.78 is 11.3. The summed E-state index contributed by atoms with van der Waals surface area (Å²) in [6.45, 7) is 4.69. The molecule has 0 aliphatic heterocycles. The minimum Gasteiger partial charge on any atom is -0.381 e. The molecule has 0 aromatic rings. The fourth-order valence-corrected chi connectivity index (χ4v) is 4.33. The van der Waals surface area contributed by atoms with Gasteiger partial charge in [0.2, 0.25) is 0 Å². The Labute approximate surface area is 159 Å². The zero-order valence-corrected chi connectivity index (χ0v) is 16.9. The number of carbonyl (C=O) groups excluding carboxylic acids is 1. The number of Topliss-reactive ketones (excluding diaryl/α,β-unsaturated/α-hetero) is 1. The summed E-state index contributed by atoms with van der Waals surface area (Å²) >= 11 is 0. The quantitative estimate of drug-likeness (QED) is 0.456. The van der Waals surface area contributed by atoms with Crippen LogP contribution in [0.25, 0.3) is 0 Å². The van der Waals surface area contributed by atoms with Gasteiger partial charge in [0.25, 0.3) is 0 Å². The fraction of sp³-hybridized carbons (Fsp3) is 0.952. The van der Waals surface area contributed by atoms with Crippen molar-refractivity contribution in [2.75, 3.05) is 13.7 Å². The lowest BCUT2D eigenvalue weighted by Gasteiger charge is -2.31. The number of hydrogen-bond donors (Lipinski definition) is 2. The van der Waals surface area contributed by atoms with Gasteiger partial charge in [-0.15, -0.1) is 0 Å². The van der Waals surface area contributed by atoms with E-state index in [0.717, 1.165) is 70.8 Å². The maximum atomic E-state index is 12.1. The van der Waals surface area contributed by atoms with E-state index in [-0.39, 0.29) is 11.8 Å². The normalized spacial score (nSPS) is 31.1. The third-order valence-electron chi connectivity index (χ3n) is 6.06. The zero-order valence-electron chi connectivity index (χ0n) is 16.9. The summed E-state index contributed by atoms with van der Waals surface area (Å²) in [5, 5.41) is 13.5. The lowest BCUT2D eigenvalue weighted by molar-refractivity contribution is -0.126. The lowest BCUT2D eigenvalue weighted by atomic mass is 9.80. The van der Waals surface area contributed by atoms with E-state index in [1.54, 1.807) is 7.11 Å². The number of ketones is 1. The van der Waals surface area contributed by atoms with Gasteiger partial charge in [0.15, 0.2) is 0 Å². The van der Waals surface area contributed by atoms with Gasteiger partial charge in [0, 0.05) is 31.6 Å². The third kappa shape index (κ3) is 7.26. The molecular formula is C21H39NO4. The van der Waals surface area contributed by atoms with Crippen molar-refractivity contribution < 1.29 is 19.4 Å². The van der Waals surface area contributed by atoms with E-state index in [2.05, 4.69) is 5.32 Å². The first-order valence-corrected chi connectivity index (χ1v) is 10.6. The molecule has 0 radical (unpaired) electrons. The predicted molar refractivity (Wildman–Crippen MR) is 103 cm³/mol. The van der Waals surface area contributed by atoms with Crippen LogP contribution < -0.4 is 5.32 Å². The van der Waals surface area contributed by atoms with E-state index in [0.29, 0.717) is 24.0 Å². The van der Waals surface area contributed by atoms with E-state index >= 15 is 0 Å². The molecule has 2 rings (SSSR count). The minimum atomic E-state index is -0.467. The second kappa shape index (κ2) is 11.4. The van der Waals surface area contributed by atoms with Gasteiger partial charge in [-0.25, -0.2) is 0 Å². The molecule has 2 N–H and O–H groups in total. The van der Waals surface area contributed by atoms with Crippen molar-refractivity contribution in [1.82, 2.24) is 5.32 Å². The molecule has 26 heavy (non-hydrogen) atoms. The fourth-order valence-electron chi connectivity index (χ4n) is 4.33. The number of aliphatic hydroxyl groups excluding tert-OH is 1. The summed E-state index contributed by atoms with van der Waals surface area (Å²) in [5.74, 6) is 0.770. The average molecular weight is 370 g/mol. The summed E-state index contributed by atoms with van der Waals surface area (Å²) in [6, 6.07) is 0.339. The summed E-state index contributed by atoms with van der Waals surface area (Å²) in [7, 11) is 1.79. The SMILES string of the molecule is COC1CCC(OCCCC(O)NC2CCC(C(=O)C(C)C)CC2)CC1. The van der Waals surface area contributed by atoms with Crippen molar-refractivity contribution in [3.63, 3.8) is 0 Å². The Bertz CT molecular complexity index is 399. The first-order valence-electron chi connectivity index (χ1n) is 10.6. The maximum Gasteiger partial charge on any atom is 0.138 e. The molecule has 0 aromatic carbocycles. The van der Waals surface area contributed by atoms with Crippen LogP contribution in [0.5, 0.6) is 0 Å². The van der Waals surface area contributed by atoms with Crippen LogP contribution in [-0.4, -0.2) is 49.1 Å². The highest BCUT2D eigenvalue weighted by Gasteiger charge is 2.28. The molecular weight excluding hydrogens is 330 g/mol. The summed E-state index contributed by atoms with van der Waals surface area (Å²) in [6.07, 6.45) is 10.1. The predicted octanol–water partition coefficient (Wildman–Crippen LogP) is 3.43. The Balaban J connectivity index is 1.52. The minimum absolute atomic E-state index is 0.139. The van der Waals surface area contributed by atoms with Crippen LogP contribution in [0.15, 0.2) is 0 Å². The first-order chi connectivity index (χ1) is 12.5. The molecule has 1 unspecified atom stereocenters. The van der Waals surface area contributed by atoms with Crippen molar-refractivity contribution >= 4 is 5.78 Å². The highest BCUT2D eigenvalue weighted by Crippen LogP contribution is 2.27. The Morgan fingerprint density at radius 3 is 2.23 bits per heavy atom. The van der Waals surface area contributed by atoms with Crippen molar-refractivity contribution in [3.8, 4) is 0 Å². The largest absolute Gasteiger partial charge is 0.381 e. The standard InChI is InChI=1S/C21H39NO4/c1-15(2)21(24)16-6-8-17(9-7-16)22-20(23)5-4-14-26-19-12-10-18(25-3)11-13-19/h15-20,22-23H,4-14H2,1-3H3. The molecule has 5 heteroatoms. The molecule has 2 aliphatic rings. The van der Waals surface area contributed by atoms with Crippen LogP contribution in [0.4, 0.5) is 0 Å². The highest BCUT2D eigenvalue weighted by molar-refractivity contribution is 5.82. The first kappa shape index (κ1) is 21.8. The van der Waals surface area contributed by atoms with Gasteiger partial charge in [0.1, 0.15) is 12.0 Å². The molecule has 1 atom stereocenters. The average Bonchev–Trinajstić information content (AvgIpc) is 2.65. The van der Waals surface area contributed by atoms with E-state index in [1.165, 1.54) is 0 Å². The molecule has 5 nitrogen and oxygen atoms in total. The number of hydrogen-bond acceptors (Lipinski definition) is 5. The molecule has 152 valence electrons. The van der Waals surface area contributed by atoms with Crippen molar-refractivity contribution in [1.29, 1.82) is 0 Å². The third-order valence-corrected chi connectivity index (χ3v) is 6.06. The molecule has 0 bridgehead atoms. The number of ether oxygens (including phenoxy) is 2. The van der Waals surface area contributed by atoms with Gasteiger partial charge in [-0.2, -0.15) is 0 Å². The molecule has 0 saturated heterocycles. The highest BCUT2D eigenvalue weighted by atomic mass is 16.5. The topological polar surface area (TPSA) is 67.8 Å². The molecule has 0 heterocycles. The van der Waals surface area contributed by atoms with Crippen molar-refractivity contribution in [2.45, 2.75) is 103 Å². The maximum absolute atomic E-state index is 12.1. The lowest BCUT2D eigenvalue weighted by Crippen LogP contribution is -2.41. The number of rotatable bonds is 10. The van der Waals surface area contributed by atoms with Crippen LogP contribution >= 0.6 is 0 Å². The smallest absolute Gasteiger partial charge is 0.138 e. The van der Waals surface area contributed by atoms with Crippen LogP contribution in [0.2, 0.25) is 0 Å². The van der Waals surface area contributed by atoms with Gasteiger partial charge < -0.3 is 14.6 Å². The molecule has 0 aromatic heterocycles. The number of carbonyl (C=O) groups is 1. The van der Waals surface area contributed by atoms with Gasteiger partial charge in [-0.1, -0.05) is 13.8 Å². The Kier molecular flexibility index (Phi) is 9.54.